The molecule has 1 atom stereocenters. The third-order valence-electron chi connectivity index (χ3n) is 6.30. The molecule has 1 unspecified atom stereocenters. The van der Waals surface area contributed by atoms with Gasteiger partial charge in [-0.2, -0.15) is 5.10 Å². The van der Waals surface area contributed by atoms with Crippen LogP contribution in [0, 0.1) is 6.92 Å². The zero-order valence-corrected chi connectivity index (χ0v) is 18.3. The van der Waals surface area contributed by atoms with E-state index in [0.717, 1.165) is 62.3 Å². The fraction of sp³-hybridized carbons (Fsp3) is 0.320. The van der Waals surface area contributed by atoms with Crippen molar-refractivity contribution in [1.29, 1.82) is 0 Å². The molecule has 1 aromatic heterocycles. The number of anilines is 2. The SMILES string of the molecule is Cc1ccc2c(N3CCN(CCc4cccc(N5C=NNC5C=O)c4)CC3)cccc2n1. The van der Waals surface area contributed by atoms with Crippen molar-refractivity contribution in [2.24, 2.45) is 5.10 Å². The summed E-state index contributed by atoms with van der Waals surface area (Å²) in [7, 11) is 0. The summed E-state index contributed by atoms with van der Waals surface area (Å²) in [4.78, 5) is 22.8. The van der Waals surface area contributed by atoms with Crippen molar-refractivity contribution in [3.63, 3.8) is 0 Å². The van der Waals surface area contributed by atoms with Crippen molar-refractivity contribution in [2.75, 3.05) is 42.5 Å². The van der Waals surface area contributed by atoms with Crippen LogP contribution in [-0.2, 0) is 11.2 Å². The van der Waals surface area contributed by atoms with E-state index in [4.69, 9.17) is 0 Å². The Hall–Kier alpha value is -3.45. The van der Waals surface area contributed by atoms with Gasteiger partial charge in [0.2, 0.25) is 0 Å². The van der Waals surface area contributed by atoms with E-state index >= 15 is 0 Å². The largest absolute Gasteiger partial charge is 0.368 e. The number of hydrazone groups is 1. The number of hydrogen-bond acceptors (Lipinski definition) is 7. The molecular formula is C25H28N6O. The summed E-state index contributed by atoms with van der Waals surface area (Å²) in [6.07, 6.45) is 3.09. The Labute approximate surface area is 188 Å². The van der Waals surface area contributed by atoms with Gasteiger partial charge in [-0.15, -0.1) is 0 Å². The molecule has 2 aliphatic rings. The minimum Gasteiger partial charge on any atom is -0.368 e. The van der Waals surface area contributed by atoms with Crippen LogP contribution in [-0.4, -0.2) is 61.4 Å². The number of hydrogen-bond donors (Lipinski definition) is 1. The number of carbonyl (C=O) groups is 1. The highest BCUT2D eigenvalue weighted by Gasteiger charge is 2.21. The van der Waals surface area contributed by atoms with Crippen LogP contribution in [0.3, 0.4) is 0 Å². The van der Waals surface area contributed by atoms with Gasteiger partial charge in [-0.3, -0.25) is 20.1 Å². The maximum Gasteiger partial charge on any atom is 0.176 e. The molecule has 2 aliphatic heterocycles. The van der Waals surface area contributed by atoms with Gasteiger partial charge in [0.15, 0.2) is 12.5 Å². The topological polar surface area (TPSA) is 64.1 Å². The van der Waals surface area contributed by atoms with Gasteiger partial charge in [-0.1, -0.05) is 18.2 Å². The Morgan fingerprint density at radius 1 is 1.06 bits per heavy atom. The summed E-state index contributed by atoms with van der Waals surface area (Å²) >= 11 is 0. The van der Waals surface area contributed by atoms with E-state index in [1.54, 1.807) is 6.34 Å². The van der Waals surface area contributed by atoms with Gasteiger partial charge in [-0.25, -0.2) is 0 Å². The van der Waals surface area contributed by atoms with E-state index in [0.29, 0.717) is 0 Å². The van der Waals surface area contributed by atoms with E-state index in [2.05, 4.69) is 67.8 Å². The number of fused-ring (bicyclic) bond motifs is 1. The van der Waals surface area contributed by atoms with Gasteiger partial charge in [0.25, 0.3) is 0 Å². The number of benzene rings is 2. The van der Waals surface area contributed by atoms with Crippen molar-refractivity contribution in [3.05, 3.63) is 65.9 Å². The first-order valence-electron chi connectivity index (χ1n) is 11.2. The zero-order valence-electron chi connectivity index (χ0n) is 18.3. The molecule has 1 N–H and O–H groups in total. The molecule has 1 fully saturated rings. The van der Waals surface area contributed by atoms with E-state index in [1.807, 2.05) is 24.0 Å². The van der Waals surface area contributed by atoms with E-state index in [1.165, 1.54) is 16.6 Å². The quantitative estimate of drug-likeness (QED) is 0.609. The number of rotatable bonds is 6. The fourth-order valence-corrected chi connectivity index (χ4v) is 4.52. The van der Waals surface area contributed by atoms with Gasteiger partial charge >= 0.3 is 0 Å². The minimum atomic E-state index is -0.425. The zero-order chi connectivity index (χ0) is 21.9. The van der Waals surface area contributed by atoms with Crippen LogP contribution in [0.2, 0.25) is 0 Å². The number of aromatic nitrogens is 1. The summed E-state index contributed by atoms with van der Waals surface area (Å²) in [6.45, 7) is 7.19. The predicted molar refractivity (Wildman–Crippen MR) is 129 cm³/mol. The number of nitrogens with one attached hydrogen (secondary N) is 1. The van der Waals surface area contributed by atoms with Crippen LogP contribution in [0.5, 0.6) is 0 Å². The molecule has 164 valence electrons. The lowest BCUT2D eigenvalue weighted by molar-refractivity contribution is -0.109. The van der Waals surface area contributed by atoms with Crippen molar-refractivity contribution in [3.8, 4) is 0 Å². The molecule has 0 saturated carbocycles. The second-order valence-corrected chi connectivity index (χ2v) is 8.41. The molecule has 3 heterocycles. The number of carbonyl (C=O) groups excluding carboxylic acids is 1. The number of aldehydes is 1. The average Bonchev–Trinajstić information content (AvgIpc) is 3.32. The molecule has 0 radical (unpaired) electrons. The Balaban J connectivity index is 1.19. The minimum absolute atomic E-state index is 0.425. The lowest BCUT2D eigenvalue weighted by Gasteiger charge is -2.36. The fourth-order valence-electron chi connectivity index (χ4n) is 4.52. The van der Waals surface area contributed by atoms with Crippen molar-refractivity contribution in [1.82, 2.24) is 15.3 Å². The van der Waals surface area contributed by atoms with Crippen LogP contribution in [0.4, 0.5) is 11.4 Å². The first-order chi connectivity index (χ1) is 15.7. The van der Waals surface area contributed by atoms with Gasteiger partial charge in [0.1, 0.15) is 6.34 Å². The van der Waals surface area contributed by atoms with Gasteiger partial charge < -0.3 is 9.80 Å². The number of pyridine rings is 1. The molecular weight excluding hydrogens is 400 g/mol. The summed E-state index contributed by atoms with van der Waals surface area (Å²) in [5.41, 5.74) is 8.46. The first-order valence-corrected chi connectivity index (χ1v) is 11.2. The summed E-state index contributed by atoms with van der Waals surface area (Å²) in [5.74, 6) is 0. The molecule has 0 aliphatic carbocycles. The monoisotopic (exact) mass is 428 g/mol. The Bertz CT molecular complexity index is 1140. The van der Waals surface area contributed by atoms with Crippen LogP contribution in [0.1, 0.15) is 11.3 Å². The summed E-state index contributed by atoms with van der Waals surface area (Å²) < 4.78 is 0. The molecule has 2 aromatic carbocycles. The Kier molecular flexibility index (Phi) is 5.73. The van der Waals surface area contributed by atoms with Gasteiger partial charge in [0, 0.05) is 55.2 Å². The average molecular weight is 429 g/mol. The number of nitrogens with zero attached hydrogens (tertiary/aromatic N) is 5. The van der Waals surface area contributed by atoms with Gasteiger partial charge in [-0.05, 0) is 55.3 Å². The highest BCUT2D eigenvalue weighted by Crippen LogP contribution is 2.27. The Morgan fingerprint density at radius 2 is 1.91 bits per heavy atom. The predicted octanol–water partition coefficient (Wildman–Crippen LogP) is 2.79. The van der Waals surface area contributed by atoms with Crippen molar-refractivity contribution in [2.45, 2.75) is 19.5 Å². The van der Waals surface area contributed by atoms with Gasteiger partial charge in [0.05, 0.1) is 5.52 Å². The maximum absolute atomic E-state index is 11.2. The molecule has 7 nitrogen and oxygen atoms in total. The smallest absolute Gasteiger partial charge is 0.176 e. The van der Waals surface area contributed by atoms with Crippen LogP contribution in [0.25, 0.3) is 10.9 Å². The lowest BCUT2D eigenvalue weighted by atomic mass is 10.1. The second-order valence-electron chi connectivity index (χ2n) is 8.41. The molecule has 7 heteroatoms. The summed E-state index contributed by atoms with van der Waals surface area (Å²) in [6, 6.07) is 19.1. The van der Waals surface area contributed by atoms with Crippen molar-refractivity contribution >= 4 is 34.9 Å². The molecule has 5 rings (SSSR count). The van der Waals surface area contributed by atoms with E-state index in [-0.39, 0.29) is 0 Å². The van der Waals surface area contributed by atoms with Crippen LogP contribution < -0.4 is 15.2 Å². The van der Waals surface area contributed by atoms with Crippen molar-refractivity contribution < 1.29 is 4.79 Å². The molecule has 0 amide bonds. The normalized spacial score (nSPS) is 18.8. The molecule has 3 aromatic rings. The highest BCUT2D eigenvalue weighted by atomic mass is 16.1. The highest BCUT2D eigenvalue weighted by molar-refractivity contribution is 5.92. The van der Waals surface area contributed by atoms with E-state index in [9.17, 15) is 4.79 Å². The third-order valence-corrected chi connectivity index (χ3v) is 6.30. The van der Waals surface area contributed by atoms with Crippen LogP contribution >= 0.6 is 0 Å². The third kappa shape index (κ3) is 4.16. The maximum atomic E-state index is 11.2. The molecule has 0 spiro atoms. The molecule has 32 heavy (non-hydrogen) atoms. The number of piperazine rings is 1. The second kappa shape index (κ2) is 8.96. The first kappa shape index (κ1) is 20.5. The van der Waals surface area contributed by atoms with Crippen LogP contribution in [0.15, 0.2) is 59.7 Å². The number of aryl methyl sites for hydroxylation is 1. The summed E-state index contributed by atoms with van der Waals surface area (Å²) in [5, 5.41) is 5.23. The Morgan fingerprint density at radius 3 is 2.75 bits per heavy atom. The van der Waals surface area contributed by atoms with E-state index < -0.39 is 6.17 Å². The molecule has 1 saturated heterocycles. The standard InChI is InChI=1S/C25H28N6O/c1-19-8-9-22-23(27-19)6-3-7-24(22)30-14-12-29(13-15-30)11-10-20-4-2-5-21(16-20)31-18-26-28-25(31)17-32/h2-9,16-18,25,28H,10-15H2,1H3. The lowest BCUT2D eigenvalue weighted by Crippen LogP contribution is -2.47. The molecule has 0 bridgehead atoms.